The maximum atomic E-state index is 13.3. The zero-order valence-electron chi connectivity index (χ0n) is 19.8. The minimum absolute atomic E-state index is 0.105. The van der Waals surface area contributed by atoms with Crippen LogP contribution in [0, 0.1) is 20.8 Å². The van der Waals surface area contributed by atoms with Crippen LogP contribution >= 0.6 is 23.1 Å². The highest BCUT2D eigenvalue weighted by atomic mass is 32.2. The predicted molar refractivity (Wildman–Crippen MR) is 137 cm³/mol. The Kier molecular flexibility index (Phi) is 7.10. The largest absolute Gasteiger partial charge is 0.465 e. The van der Waals surface area contributed by atoms with Crippen LogP contribution in [0.5, 0.6) is 0 Å². The van der Waals surface area contributed by atoms with Crippen molar-refractivity contribution in [2.75, 3.05) is 12.4 Å². The van der Waals surface area contributed by atoms with Gasteiger partial charge < -0.3 is 10.1 Å². The van der Waals surface area contributed by atoms with Crippen LogP contribution in [-0.4, -0.2) is 29.2 Å². The molecule has 7 heteroatoms. The Morgan fingerprint density at radius 3 is 2.64 bits per heavy atom. The summed E-state index contributed by atoms with van der Waals surface area (Å²) in [4.78, 5) is 31.9. The van der Waals surface area contributed by atoms with Crippen molar-refractivity contribution in [1.29, 1.82) is 0 Å². The van der Waals surface area contributed by atoms with Gasteiger partial charge in [-0.05, 0) is 81.7 Å². The van der Waals surface area contributed by atoms with Gasteiger partial charge in [-0.1, -0.05) is 30.3 Å². The molecule has 2 aromatic heterocycles. The number of nitrogens with zero attached hydrogens (tertiary/aromatic N) is 1. The first-order valence-electron chi connectivity index (χ1n) is 11.4. The van der Waals surface area contributed by atoms with Crippen molar-refractivity contribution in [1.82, 2.24) is 4.98 Å². The van der Waals surface area contributed by atoms with Gasteiger partial charge in [0.05, 0.1) is 28.5 Å². The van der Waals surface area contributed by atoms with Crippen LogP contribution in [-0.2, 0) is 22.4 Å². The lowest BCUT2D eigenvalue weighted by molar-refractivity contribution is -0.115. The van der Waals surface area contributed by atoms with E-state index in [2.05, 4.69) is 44.3 Å². The predicted octanol–water partition coefficient (Wildman–Crippen LogP) is 6.40. The summed E-state index contributed by atoms with van der Waals surface area (Å²) in [6.45, 7) is 8.26. The summed E-state index contributed by atoms with van der Waals surface area (Å²) in [6.07, 6.45) is 4.63. The molecule has 1 unspecified atom stereocenters. The molecule has 0 radical (unpaired) electrons. The summed E-state index contributed by atoms with van der Waals surface area (Å²) >= 11 is 3.00. The first kappa shape index (κ1) is 23.8. The zero-order valence-corrected chi connectivity index (χ0v) is 21.5. The standard InChI is InChI=1S/C26H30N2O3S2/c1-6-19(32-21-13-15(3)18-12-14(2)11-16(4)23(18)27-21)24(29)28-25-22(26(30)31-5)17-9-7-8-10-20(17)33-25/h11-13,19H,6-10H2,1-5H3,(H,28,29). The number of thiophene rings is 1. The molecule has 1 atom stereocenters. The van der Waals surface area contributed by atoms with Crippen LogP contribution in [0.3, 0.4) is 0 Å². The zero-order chi connectivity index (χ0) is 23.7. The number of hydrogen-bond donors (Lipinski definition) is 1. The van der Waals surface area contributed by atoms with E-state index in [1.54, 1.807) is 0 Å². The van der Waals surface area contributed by atoms with Gasteiger partial charge in [0.2, 0.25) is 5.91 Å². The minimum atomic E-state index is -0.372. The molecule has 174 valence electrons. The molecular formula is C26H30N2O3S2. The molecule has 0 saturated heterocycles. The maximum absolute atomic E-state index is 13.3. The van der Waals surface area contributed by atoms with Gasteiger partial charge in [0.25, 0.3) is 0 Å². The average Bonchev–Trinajstić information content (AvgIpc) is 3.15. The molecule has 33 heavy (non-hydrogen) atoms. The lowest BCUT2D eigenvalue weighted by Gasteiger charge is -2.16. The first-order chi connectivity index (χ1) is 15.8. The van der Waals surface area contributed by atoms with Crippen molar-refractivity contribution in [3.8, 4) is 0 Å². The Bertz CT molecular complexity index is 1230. The Morgan fingerprint density at radius 1 is 1.15 bits per heavy atom. The number of esters is 1. The number of methoxy groups -OCH3 is 1. The van der Waals surface area contributed by atoms with Crippen molar-refractivity contribution >= 4 is 50.9 Å². The van der Waals surface area contributed by atoms with Crippen molar-refractivity contribution in [3.05, 3.63) is 50.9 Å². The highest BCUT2D eigenvalue weighted by molar-refractivity contribution is 8.00. The van der Waals surface area contributed by atoms with Crippen molar-refractivity contribution in [2.24, 2.45) is 0 Å². The fourth-order valence-electron chi connectivity index (χ4n) is 4.51. The van der Waals surface area contributed by atoms with Crippen molar-refractivity contribution in [2.45, 2.75) is 70.1 Å². The number of amides is 1. The Hall–Kier alpha value is -2.38. The van der Waals surface area contributed by atoms with E-state index >= 15 is 0 Å². The number of rotatable bonds is 6. The lowest BCUT2D eigenvalue weighted by Crippen LogP contribution is -2.25. The van der Waals surface area contributed by atoms with Gasteiger partial charge >= 0.3 is 5.97 Å². The van der Waals surface area contributed by atoms with E-state index in [-0.39, 0.29) is 17.1 Å². The van der Waals surface area contributed by atoms with E-state index < -0.39 is 0 Å². The number of hydrogen-bond acceptors (Lipinski definition) is 6. The molecule has 4 rings (SSSR count). The number of nitrogens with one attached hydrogen (secondary N) is 1. The molecule has 2 heterocycles. The number of thioether (sulfide) groups is 1. The van der Waals surface area contributed by atoms with Gasteiger partial charge in [-0.25, -0.2) is 9.78 Å². The normalized spacial score (nSPS) is 14.1. The summed E-state index contributed by atoms with van der Waals surface area (Å²) < 4.78 is 5.04. The van der Waals surface area contributed by atoms with E-state index in [0.717, 1.165) is 58.3 Å². The third kappa shape index (κ3) is 4.80. The second-order valence-electron chi connectivity index (χ2n) is 8.67. The monoisotopic (exact) mass is 482 g/mol. The SMILES string of the molecule is CCC(Sc1cc(C)c2cc(C)cc(C)c2n1)C(=O)Nc1sc2c(c1C(=O)OC)CCCC2. The first-order valence-corrected chi connectivity index (χ1v) is 13.1. The van der Waals surface area contributed by atoms with Crippen LogP contribution in [0.25, 0.3) is 10.9 Å². The van der Waals surface area contributed by atoms with Gasteiger partial charge in [0.15, 0.2) is 0 Å². The molecule has 0 fully saturated rings. The minimum Gasteiger partial charge on any atom is -0.465 e. The second kappa shape index (κ2) is 9.85. The van der Waals surface area contributed by atoms with E-state index in [4.69, 9.17) is 9.72 Å². The highest BCUT2D eigenvalue weighted by Gasteiger charge is 2.28. The summed E-state index contributed by atoms with van der Waals surface area (Å²) in [6, 6.07) is 6.36. The summed E-state index contributed by atoms with van der Waals surface area (Å²) in [5.41, 5.74) is 6.08. The number of fused-ring (bicyclic) bond motifs is 2. The van der Waals surface area contributed by atoms with E-state index in [0.29, 0.717) is 17.0 Å². The smallest absolute Gasteiger partial charge is 0.341 e. The quantitative estimate of drug-likeness (QED) is 0.325. The van der Waals surface area contributed by atoms with Crippen LogP contribution in [0.15, 0.2) is 23.2 Å². The molecule has 0 bridgehead atoms. The number of pyridine rings is 1. The van der Waals surface area contributed by atoms with E-state index in [1.165, 1.54) is 40.6 Å². The van der Waals surface area contributed by atoms with Crippen LogP contribution < -0.4 is 5.32 Å². The molecule has 1 amide bonds. The van der Waals surface area contributed by atoms with Crippen molar-refractivity contribution < 1.29 is 14.3 Å². The van der Waals surface area contributed by atoms with Gasteiger partial charge in [-0.3, -0.25) is 4.79 Å². The maximum Gasteiger partial charge on any atom is 0.341 e. The number of carbonyl (C=O) groups is 2. The van der Waals surface area contributed by atoms with E-state index in [9.17, 15) is 9.59 Å². The fraction of sp³-hybridized carbons (Fsp3) is 0.423. The Morgan fingerprint density at radius 2 is 1.91 bits per heavy atom. The average molecular weight is 483 g/mol. The molecule has 1 aliphatic rings. The third-order valence-corrected chi connectivity index (χ3v) is 8.65. The van der Waals surface area contributed by atoms with Gasteiger partial charge in [0, 0.05) is 10.3 Å². The number of ether oxygens (including phenoxy) is 1. The molecule has 1 aliphatic carbocycles. The van der Waals surface area contributed by atoms with E-state index in [1.807, 2.05) is 6.92 Å². The number of anilines is 1. The topological polar surface area (TPSA) is 68.3 Å². The Labute approximate surface area is 203 Å². The summed E-state index contributed by atoms with van der Waals surface area (Å²) in [5, 5.41) is 5.35. The van der Waals surface area contributed by atoms with Crippen LogP contribution in [0.4, 0.5) is 5.00 Å². The third-order valence-electron chi connectivity index (χ3n) is 6.16. The van der Waals surface area contributed by atoms with Gasteiger partial charge in [-0.15, -0.1) is 11.3 Å². The number of aryl methyl sites for hydroxylation is 4. The highest BCUT2D eigenvalue weighted by Crippen LogP contribution is 2.39. The summed E-state index contributed by atoms with van der Waals surface area (Å²) in [5.74, 6) is -0.477. The second-order valence-corrected chi connectivity index (χ2v) is 11.0. The molecule has 0 spiro atoms. The number of carbonyl (C=O) groups excluding carboxylic acids is 2. The number of aromatic nitrogens is 1. The molecular weight excluding hydrogens is 452 g/mol. The molecule has 0 aliphatic heterocycles. The summed E-state index contributed by atoms with van der Waals surface area (Å²) in [7, 11) is 1.39. The molecule has 0 saturated carbocycles. The lowest BCUT2D eigenvalue weighted by atomic mass is 9.95. The van der Waals surface area contributed by atoms with Crippen molar-refractivity contribution in [3.63, 3.8) is 0 Å². The van der Waals surface area contributed by atoms with Gasteiger partial charge in [-0.2, -0.15) is 0 Å². The molecule has 1 N–H and O–H groups in total. The van der Waals surface area contributed by atoms with Gasteiger partial charge in [0.1, 0.15) is 5.00 Å². The molecule has 3 aromatic rings. The Balaban J connectivity index is 1.60. The fourth-order valence-corrected chi connectivity index (χ4v) is 6.80. The number of benzene rings is 1. The van der Waals surface area contributed by atoms with Crippen LogP contribution in [0.2, 0.25) is 0 Å². The molecule has 5 nitrogen and oxygen atoms in total. The molecule has 1 aromatic carbocycles. The van der Waals surface area contributed by atoms with Crippen LogP contribution in [0.1, 0.15) is 63.7 Å².